The molecule has 1 amide bonds. The van der Waals surface area contributed by atoms with Gasteiger partial charge < -0.3 is 10.6 Å². The Morgan fingerprint density at radius 3 is 2.42 bits per heavy atom. The molecule has 0 spiro atoms. The first-order chi connectivity index (χ1) is 11.4. The SMILES string of the molecule is C[C@H](NCC(=O)N[C@H](C)c1ccccc1)c1cc(F)c(Cl)cc1Cl. The molecule has 0 radical (unpaired) electrons. The molecule has 0 unspecified atom stereocenters. The van der Waals surface area contributed by atoms with Gasteiger partial charge in [-0.25, -0.2) is 4.39 Å². The number of halogens is 3. The summed E-state index contributed by atoms with van der Waals surface area (Å²) in [4.78, 5) is 12.1. The predicted octanol–water partition coefficient (Wildman–Crippen LogP) is 4.66. The molecule has 0 saturated carbocycles. The highest BCUT2D eigenvalue weighted by atomic mass is 35.5. The summed E-state index contributed by atoms with van der Waals surface area (Å²) in [5.41, 5.74) is 1.59. The van der Waals surface area contributed by atoms with Crippen molar-refractivity contribution in [3.05, 3.63) is 69.5 Å². The van der Waals surface area contributed by atoms with Crippen molar-refractivity contribution in [2.24, 2.45) is 0 Å². The molecule has 3 nitrogen and oxygen atoms in total. The molecule has 2 atom stereocenters. The average molecular weight is 369 g/mol. The summed E-state index contributed by atoms with van der Waals surface area (Å²) < 4.78 is 13.6. The van der Waals surface area contributed by atoms with Gasteiger partial charge in [0.2, 0.25) is 5.91 Å². The van der Waals surface area contributed by atoms with Gasteiger partial charge in [-0.15, -0.1) is 0 Å². The number of hydrogen-bond acceptors (Lipinski definition) is 2. The van der Waals surface area contributed by atoms with E-state index >= 15 is 0 Å². The third kappa shape index (κ3) is 4.94. The van der Waals surface area contributed by atoms with E-state index in [4.69, 9.17) is 23.2 Å². The van der Waals surface area contributed by atoms with Crippen LogP contribution in [0.4, 0.5) is 4.39 Å². The zero-order valence-electron chi connectivity index (χ0n) is 13.4. The van der Waals surface area contributed by atoms with Gasteiger partial charge in [-0.2, -0.15) is 0 Å². The zero-order chi connectivity index (χ0) is 17.7. The molecule has 0 bridgehead atoms. The second-order valence-electron chi connectivity index (χ2n) is 5.59. The smallest absolute Gasteiger partial charge is 0.234 e. The molecular formula is C18H19Cl2FN2O. The van der Waals surface area contributed by atoms with Gasteiger partial charge in [0.1, 0.15) is 5.82 Å². The van der Waals surface area contributed by atoms with Crippen molar-refractivity contribution >= 4 is 29.1 Å². The van der Waals surface area contributed by atoms with E-state index in [1.54, 1.807) is 0 Å². The van der Waals surface area contributed by atoms with Gasteiger partial charge >= 0.3 is 0 Å². The number of rotatable bonds is 6. The van der Waals surface area contributed by atoms with Crippen molar-refractivity contribution < 1.29 is 9.18 Å². The van der Waals surface area contributed by atoms with Crippen molar-refractivity contribution in [3.63, 3.8) is 0 Å². The number of benzene rings is 2. The molecule has 128 valence electrons. The van der Waals surface area contributed by atoms with E-state index < -0.39 is 5.82 Å². The second kappa shape index (κ2) is 8.47. The molecule has 0 aromatic heterocycles. The molecule has 0 fully saturated rings. The third-order valence-corrected chi connectivity index (χ3v) is 4.37. The second-order valence-corrected chi connectivity index (χ2v) is 6.40. The van der Waals surface area contributed by atoms with Crippen molar-refractivity contribution in [1.29, 1.82) is 0 Å². The third-order valence-electron chi connectivity index (χ3n) is 3.75. The number of carbonyl (C=O) groups is 1. The monoisotopic (exact) mass is 368 g/mol. The summed E-state index contributed by atoms with van der Waals surface area (Å²) in [6.45, 7) is 3.82. The van der Waals surface area contributed by atoms with E-state index in [0.717, 1.165) is 5.56 Å². The zero-order valence-corrected chi connectivity index (χ0v) is 15.0. The summed E-state index contributed by atoms with van der Waals surface area (Å²) >= 11 is 11.8. The van der Waals surface area contributed by atoms with Crippen LogP contribution in [0.1, 0.15) is 37.1 Å². The van der Waals surface area contributed by atoms with Gasteiger partial charge in [0.15, 0.2) is 0 Å². The van der Waals surface area contributed by atoms with E-state index in [2.05, 4.69) is 10.6 Å². The quantitative estimate of drug-likeness (QED) is 0.727. The number of carbonyl (C=O) groups excluding carboxylic acids is 1. The van der Waals surface area contributed by atoms with E-state index in [0.29, 0.717) is 10.6 Å². The largest absolute Gasteiger partial charge is 0.348 e. The first kappa shape index (κ1) is 18.7. The summed E-state index contributed by atoms with van der Waals surface area (Å²) in [6, 6.07) is 12.0. The van der Waals surface area contributed by atoms with Crippen LogP contribution in [0.15, 0.2) is 42.5 Å². The van der Waals surface area contributed by atoms with Crippen molar-refractivity contribution in [3.8, 4) is 0 Å². The Labute approximate surface area is 151 Å². The first-order valence-corrected chi connectivity index (χ1v) is 8.36. The molecule has 0 aliphatic carbocycles. The van der Waals surface area contributed by atoms with Crippen LogP contribution in [-0.4, -0.2) is 12.5 Å². The molecule has 0 saturated heterocycles. The van der Waals surface area contributed by atoms with Crippen LogP contribution in [0, 0.1) is 5.82 Å². The van der Waals surface area contributed by atoms with E-state index in [1.807, 2.05) is 44.2 Å². The topological polar surface area (TPSA) is 41.1 Å². The van der Waals surface area contributed by atoms with Crippen LogP contribution in [-0.2, 0) is 4.79 Å². The standard InChI is InChI=1S/C18H19Cl2FN2O/c1-11(13-6-4-3-5-7-13)23-18(24)10-22-12(2)14-8-17(21)16(20)9-15(14)19/h3-9,11-12,22H,10H2,1-2H3,(H,23,24)/t11-,12+/m1/s1. The van der Waals surface area contributed by atoms with Crippen LogP contribution in [0.3, 0.4) is 0 Å². The molecule has 2 N–H and O–H groups in total. The Balaban J connectivity index is 1.91. The molecule has 2 rings (SSSR count). The average Bonchev–Trinajstić information content (AvgIpc) is 2.56. The summed E-state index contributed by atoms with van der Waals surface area (Å²) in [5, 5.41) is 6.28. The lowest BCUT2D eigenvalue weighted by Gasteiger charge is -2.18. The van der Waals surface area contributed by atoms with Crippen LogP contribution >= 0.6 is 23.2 Å². The molecular weight excluding hydrogens is 350 g/mol. The minimum Gasteiger partial charge on any atom is -0.348 e. The molecule has 2 aromatic rings. The van der Waals surface area contributed by atoms with Crippen molar-refractivity contribution in [2.75, 3.05) is 6.54 Å². The summed E-state index contributed by atoms with van der Waals surface area (Å²) in [7, 11) is 0. The molecule has 0 heterocycles. The lowest BCUT2D eigenvalue weighted by Crippen LogP contribution is -2.36. The van der Waals surface area contributed by atoms with E-state index in [-0.39, 0.29) is 29.6 Å². The lowest BCUT2D eigenvalue weighted by molar-refractivity contribution is -0.121. The summed E-state index contributed by atoms with van der Waals surface area (Å²) in [6.07, 6.45) is 0. The van der Waals surface area contributed by atoms with Crippen LogP contribution < -0.4 is 10.6 Å². The minimum absolute atomic E-state index is 0.0228. The predicted molar refractivity (Wildman–Crippen MR) is 95.8 cm³/mol. The van der Waals surface area contributed by atoms with E-state index in [1.165, 1.54) is 12.1 Å². The number of hydrogen-bond donors (Lipinski definition) is 2. The Morgan fingerprint density at radius 2 is 1.75 bits per heavy atom. The highest BCUT2D eigenvalue weighted by Gasteiger charge is 2.15. The van der Waals surface area contributed by atoms with Gasteiger partial charge in [0.05, 0.1) is 17.6 Å². The molecule has 6 heteroatoms. The van der Waals surface area contributed by atoms with Gasteiger partial charge in [0, 0.05) is 11.1 Å². The van der Waals surface area contributed by atoms with Crippen LogP contribution in [0.2, 0.25) is 10.0 Å². The van der Waals surface area contributed by atoms with Crippen molar-refractivity contribution in [1.82, 2.24) is 10.6 Å². The van der Waals surface area contributed by atoms with E-state index in [9.17, 15) is 9.18 Å². The lowest BCUT2D eigenvalue weighted by atomic mass is 10.1. The Morgan fingerprint density at radius 1 is 1.08 bits per heavy atom. The normalized spacial score (nSPS) is 13.4. The molecule has 2 aromatic carbocycles. The van der Waals surface area contributed by atoms with Gasteiger partial charge in [-0.1, -0.05) is 53.5 Å². The maximum atomic E-state index is 13.6. The van der Waals surface area contributed by atoms with Gasteiger partial charge in [-0.3, -0.25) is 4.79 Å². The Kier molecular flexibility index (Phi) is 6.60. The fourth-order valence-corrected chi connectivity index (χ4v) is 2.89. The molecule has 0 aliphatic rings. The fourth-order valence-electron chi connectivity index (χ4n) is 2.34. The first-order valence-electron chi connectivity index (χ1n) is 7.60. The molecule has 24 heavy (non-hydrogen) atoms. The maximum absolute atomic E-state index is 13.6. The maximum Gasteiger partial charge on any atom is 0.234 e. The number of amides is 1. The van der Waals surface area contributed by atoms with Crippen molar-refractivity contribution in [2.45, 2.75) is 25.9 Å². The fraction of sp³-hybridized carbons (Fsp3) is 0.278. The Bertz CT molecular complexity index is 710. The van der Waals surface area contributed by atoms with Gasteiger partial charge in [0.25, 0.3) is 0 Å². The van der Waals surface area contributed by atoms with Crippen LogP contribution in [0.5, 0.6) is 0 Å². The van der Waals surface area contributed by atoms with Crippen LogP contribution in [0.25, 0.3) is 0 Å². The van der Waals surface area contributed by atoms with Gasteiger partial charge in [-0.05, 0) is 37.1 Å². The Hall–Kier alpha value is -1.62. The number of nitrogens with one attached hydrogen (secondary N) is 2. The molecule has 0 aliphatic heterocycles. The highest BCUT2D eigenvalue weighted by molar-refractivity contribution is 6.35. The highest BCUT2D eigenvalue weighted by Crippen LogP contribution is 2.28. The minimum atomic E-state index is -0.535. The summed E-state index contributed by atoms with van der Waals surface area (Å²) in [5.74, 6) is -0.685.